The first-order valence-electron chi connectivity index (χ1n) is 9.02. The molecule has 2 aromatic heterocycles. The molecule has 0 spiro atoms. The van der Waals surface area contributed by atoms with Crippen molar-refractivity contribution in [1.29, 1.82) is 0 Å². The SMILES string of the molecule is CCCc1nnc2sc(-c3cccc(NC(=O)COc4ccccc4)c3)nn12. The van der Waals surface area contributed by atoms with Crippen LogP contribution < -0.4 is 10.1 Å². The second-order valence-electron chi connectivity index (χ2n) is 6.20. The summed E-state index contributed by atoms with van der Waals surface area (Å²) in [6.07, 6.45) is 1.82. The van der Waals surface area contributed by atoms with Crippen molar-refractivity contribution in [2.24, 2.45) is 0 Å². The minimum absolute atomic E-state index is 0.0502. The van der Waals surface area contributed by atoms with Gasteiger partial charge in [0.05, 0.1) is 0 Å². The number of rotatable bonds is 7. The van der Waals surface area contributed by atoms with Gasteiger partial charge in [-0.25, -0.2) is 0 Å². The number of carbonyl (C=O) groups is 1. The van der Waals surface area contributed by atoms with E-state index in [2.05, 4.69) is 27.5 Å². The van der Waals surface area contributed by atoms with Crippen molar-refractivity contribution in [3.05, 3.63) is 60.4 Å². The number of aromatic nitrogens is 4. The third kappa shape index (κ3) is 4.01. The average molecular weight is 393 g/mol. The van der Waals surface area contributed by atoms with Crippen molar-refractivity contribution in [1.82, 2.24) is 19.8 Å². The molecule has 0 aliphatic heterocycles. The van der Waals surface area contributed by atoms with Gasteiger partial charge in [-0.15, -0.1) is 10.2 Å². The predicted molar refractivity (Wildman–Crippen MR) is 109 cm³/mol. The number of carbonyl (C=O) groups excluding carboxylic acids is 1. The van der Waals surface area contributed by atoms with Gasteiger partial charge in [-0.05, 0) is 30.7 Å². The van der Waals surface area contributed by atoms with E-state index in [1.807, 2.05) is 54.6 Å². The first-order chi connectivity index (χ1) is 13.7. The molecule has 0 unspecified atom stereocenters. The summed E-state index contributed by atoms with van der Waals surface area (Å²) in [6.45, 7) is 2.05. The maximum Gasteiger partial charge on any atom is 0.262 e. The van der Waals surface area contributed by atoms with Crippen LogP contribution >= 0.6 is 11.3 Å². The Morgan fingerprint density at radius 1 is 1.14 bits per heavy atom. The summed E-state index contributed by atoms with van der Waals surface area (Å²) in [4.78, 5) is 12.9. The summed E-state index contributed by atoms with van der Waals surface area (Å²) in [6, 6.07) is 16.8. The minimum atomic E-state index is -0.218. The van der Waals surface area contributed by atoms with Crippen LogP contribution in [0, 0.1) is 0 Å². The molecular weight excluding hydrogens is 374 g/mol. The first-order valence-corrected chi connectivity index (χ1v) is 9.84. The topological polar surface area (TPSA) is 81.4 Å². The van der Waals surface area contributed by atoms with E-state index in [0.717, 1.165) is 34.2 Å². The zero-order chi connectivity index (χ0) is 19.3. The van der Waals surface area contributed by atoms with E-state index in [4.69, 9.17) is 4.74 Å². The van der Waals surface area contributed by atoms with Crippen molar-refractivity contribution in [3.8, 4) is 16.3 Å². The number of benzene rings is 2. The van der Waals surface area contributed by atoms with Crippen molar-refractivity contribution < 1.29 is 9.53 Å². The number of anilines is 1. The van der Waals surface area contributed by atoms with E-state index in [9.17, 15) is 4.79 Å². The third-order valence-corrected chi connectivity index (χ3v) is 4.98. The minimum Gasteiger partial charge on any atom is -0.484 e. The summed E-state index contributed by atoms with van der Waals surface area (Å²) < 4.78 is 7.27. The molecule has 1 amide bonds. The Hall–Kier alpha value is -3.26. The number of hydrogen-bond donors (Lipinski definition) is 1. The number of fused-ring (bicyclic) bond motifs is 1. The van der Waals surface area contributed by atoms with E-state index >= 15 is 0 Å². The molecular formula is C20H19N5O2S. The number of amides is 1. The summed E-state index contributed by atoms with van der Waals surface area (Å²) in [5.74, 6) is 1.31. The maximum absolute atomic E-state index is 12.2. The summed E-state index contributed by atoms with van der Waals surface area (Å²) >= 11 is 1.47. The predicted octanol–water partition coefficient (Wildman–Crippen LogP) is 3.82. The van der Waals surface area contributed by atoms with Gasteiger partial charge in [0, 0.05) is 17.7 Å². The molecule has 142 valence electrons. The molecule has 0 bridgehead atoms. The lowest BCUT2D eigenvalue weighted by molar-refractivity contribution is -0.118. The Morgan fingerprint density at radius 2 is 2.00 bits per heavy atom. The normalized spacial score (nSPS) is 10.9. The number of ether oxygens (including phenoxy) is 1. The summed E-state index contributed by atoms with van der Waals surface area (Å²) in [7, 11) is 0. The Morgan fingerprint density at radius 3 is 2.82 bits per heavy atom. The molecule has 0 aliphatic carbocycles. The van der Waals surface area contributed by atoms with E-state index in [-0.39, 0.29) is 12.5 Å². The van der Waals surface area contributed by atoms with E-state index < -0.39 is 0 Å². The Bertz CT molecular complexity index is 1090. The van der Waals surface area contributed by atoms with Crippen LogP contribution in [0.3, 0.4) is 0 Å². The smallest absolute Gasteiger partial charge is 0.262 e. The van der Waals surface area contributed by atoms with Crippen LogP contribution in [0.15, 0.2) is 54.6 Å². The molecule has 2 heterocycles. The van der Waals surface area contributed by atoms with Gasteiger partial charge in [0.1, 0.15) is 10.8 Å². The number of aryl methyl sites for hydroxylation is 1. The van der Waals surface area contributed by atoms with Crippen LogP contribution in [0.4, 0.5) is 5.69 Å². The van der Waals surface area contributed by atoms with Crippen LogP contribution in [0.1, 0.15) is 19.2 Å². The highest BCUT2D eigenvalue weighted by molar-refractivity contribution is 7.19. The third-order valence-electron chi connectivity index (χ3n) is 4.04. The lowest BCUT2D eigenvalue weighted by Crippen LogP contribution is -2.20. The molecule has 8 heteroatoms. The van der Waals surface area contributed by atoms with Crippen molar-refractivity contribution >= 4 is 27.9 Å². The molecule has 1 N–H and O–H groups in total. The zero-order valence-electron chi connectivity index (χ0n) is 15.3. The summed E-state index contributed by atoms with van der Waals surface area (Å²) in [5.41, 5.74) is 1.61. The van der Waals surface area contributed by atoms with Crippen LogP contribution in [-0.4, -0.2) is 32.3 Å². The first kappa shape index (κ1) is 18.1. The van der Waals surface area contributed by atoms with Crippen LogP contribution in [0.25, 0.3) is 15.5 Å². The zero-order valence-corrected chi connectivity index (χ0v) is 16.1. The molecule has 0 radical (unpaired) electrons. The quantitative estimate of drug-likeness (QED) is 0.516. The van der Waals surface area contributed by atoms with Gasteiger partial charge in [-0.2, -0.15) is 9.61 Å². The van der Waals surface area contributed by atoms with Crippen LogP contribution in [0.2, 0.25) is 0 Å². The average Bonchev–Trinajstić information content (AvgIpc) is 3.30. The second kappa shape index (κ2) is 8.18. The molecule has 2 aromatic carbocycles. The molecule has 0 aliphatic rings. The molecule has 4 rings (SSSR count). The molecule has 4 aromatic rings. The highest BCUT2D eigenvalue weighted by Crippen LogP contribution is 2.27. The van der Waals surface area contributed by atoms with Gasteiger partial charge in [0.25, 0.3) is 5.91 Å². The van der Waals surface area contributed by atoms with Gasteiger partial charge in [0.2, 0.25) is 4.96 Å². The number of para-hydroxylation sites is 1. The molecule has 0 atom stereocenters. The van der Waals surface area contributed by atoms with Crippen LogP contribution in [0.5, 0.6) is 5.75 Å². The van der Waals surface area contributed by atoms with Crippen molar-refractivity contribution in [2.75, 3.05) is 11.9 Å². The standard InChI is InChI=1S/C20H19N5O2S/c1-2-7-17-22-23-20-25(17)24-19(28-20)14-8-6-9-15(12-14)21-18(26)13-27-16-10-4-3-5-11-16/h3-6,8-12H,2,7,13H2,1H3,(H,21,26). The van der Waals surface area contributed by atoms with E-state index in [0.29, 0.717) is 11.4 Å². The highest BCUT2D eigenvalue weighted by atomic mass is 32.1. The fraction of sp³-hybridized carbons (Fsp3) is 0.200. The van der Waals surface area contributed by atoms with Gasteiger partial charge in [-0.1, -0.05) is 48.6 Å². The lowest BCUT2D eigenvalue weighted by Gasteiger charge is -2.08. The molecule has 28 heavy (non-hydrogen) atoms. The fourth-order valence-corrected chi connectivity index (χ4v) is 3.60. The lowest BCUT2D eigenvalue weighted by atomic mass is 10.2. The van der Waals surface area contributed by atoms with Gasteiger partial charge in [-0.3, -0.25) is 4.79 Å². The summed E-state index contributed by atoms with van der Waals surface area (Å²) in [5, 5.41) is 16.7. The highest BCUT2D eigenvalue weighted by Gasteiger charge is 2.13. The van der Waals surface area contributed by atoms with Gasteiger partial charge < -0.3 is 10.1 Å². The number of nitrogens with one attached hydrogen (secondary N) is 1. The molecule has 0 fully saturated rings. The molecule has 0 saturated heterocycles. The van der Waals surface area contributed by atoms with Crippen LogP contribution in [-0.2, 0) is 11.2 Å². The second-order valence-corrected chi connectivity index (χ2v) is 7.15. The largest absolute Gasteiger partial charge is 0.484 e. The molecule has 0 saturated carbocycles. The van der Waals surface area contributed by atoms with Gasteiger partial charge in [0.15, 0.2) is 12.4 Å². The van der Waals surface area contributed by atoms with Crippen molar-refractivity contribution in [2.45, 2.75) is 19.8 Å². The number of hydrogen-bond acceptors (Lipinski definition) is 6. The molecule has 7 nitrogen and oxygen atoms in total. The Kier molecular flexibility index (Phi) is 5.29. The Labute approximate surface area is 166 Å². The fourth-order valence-electron chi connectivity index (χ4n) is 2.75. The van der Waals surface area contributed by atoms with Crippen molar-refractivity contribution in [3.63, 3.8) is 0 Å². The monoisotopic (exact) mass is 393 g/mol. The number of nitrogens with zero attached hydrogens (tertiary/aromatic N) is 4. The van der Waals surface area contributed by atoms with Gasteiger partial charge >= 0.3 is 0 Å². The Balaban J connectivity index is 1.46. The maximum atomic E-state index is 12.2. The van der Waals surface area contributed by atoms with E-state index in [1.165, 1.54) is 11.3 Å². The van der Waals surface area contributed by atoms with E-state index in [1.54, 1.807) is 4.52 Å².